The highest BCUT2D eigenvalue weighted by Crippen LogP contribution is 2.25. The number of carbonyl (C=O) groups excluding carboxylic acids is 1. The molecule has 26 heavy (non-hydrogen) atoms. The van der Waals surface area contributed by atoms with Gasteiger partial charge in [0.15, 0.2) is 0 Å². The van der Waals surface area contributed by atoms with Crippen molar-refractivity contribution >= 4 is 26.8 Å². The van der Waals surface area contributed by atoms with Crippen molar-refractivity contribution in [2.45, 2.75) is 43.4 Å². The Morgan fingerprint density at radius 1 is 0.885 bits per heavy atom. The minimum Gasteiger partial charge on any atom is -0.351 e. The van der Waals surface area contributed by atoms with Crippen LogP contribution in [0.5, 0.6) is 0 Å². The Morgan fingerprint density at radius 2 is 1.54 bits per heavy atom. The van der Waals surface area contributed by atoms with Gasteiger partial charge >= 0.3 is 0 Å². The van der Waals surface area contributed by atoms with E-state index < -0.39 is 10.0 Å². The molecule has 0 unspecified atom stereocenters. The first-order valence-electron chi connectivity index (χ1n) is 9.48. The van der Waals surface area contributed by atoms with Gasteiger partial charge in [0.25, 0.3) is 5.91 Å². The maximum atomic E-state index is 13.0. The van der Waals surface area contributed by atoms with E-state index in [0.29, 0.717) is 23.7 Å². The summed E-state index contributed by atoms with van der Waals surface area (Å²) in [7, 11) is -3.48. The molecule has 0 saturated carbocycles. The molecule has 1 N–H and O–H groups in total. The average Bonchev–Trinajstić information content (AvgIpc) is 3.23. The number of sulfonamides is 1. The molecule has 0 aliphatic carbocycles. The smallest absolute Gasteiger partial charge is 0.270 e. The summed E-state index contributed by atoms with van der Waals surface area (Å²) in [4.78, 5) is 17.9. The van der Waals surface area contributed by atoms with E-state index in [2.05, 4.69) is 4.98 Å². The molecule has 2 aliphatic rings. The Kier molecular flexibility index (Phi) is 4.75. The van der Waals surface area contributed by atoms with Crippen LogP contribution in [0.25, 0.3) is 10.9 Å². The van der Waals surface area contributed by atoms with Gasteiger partial charge in [-0.1, -0.05) is 12.8 Å². The molecule has 2 aromatic rings. The van der Waals surface area contributed by atoms with Crippen LogP contribution in [0.1, 0.15) is 49.0 Å². The second-order valence-corrected chi connectivity index (χ2v) is 9.19. The highest BCUT2D eigenvalue weighted by atomic mass is 32.2. The number of fused-ring (bicyclic) bond motifs is 1. The highest BCUT2D eigenvalue weighted by molar-refractivity contribution is 7.89. The monoisotopic (exact) mass is 375 g/mol. The number of aromatic nitrogens is 1. The van der Waals surface area contributed by atoms with Crippen LogP contribution in [0.15, 0.2) is 29.2 Å². The lowest BCUT2D eigenvalue weighted by atomic mass is 10.2. The van der Waals surface area contributed by atoms with Crippen LogP contribution in [0.2, 0.25) is 0 Å². The lowest BCUT2D eigenvalue weighted by Gasteiger charge is -2.19. The summed E-state index contributed by atoms with van der Waals surface area (Å²) in [5.41, 5.74) is 1.33. The molecule has 2 saturated heterocycles. The number of carbonyl (C=O) groups is 1. The summed E-state index contributed by atoms with van der Waals surface area (Å²) < 4.78 is 27.5. The minimum atomic E-state index is -3.48. The first-order chi connectivity index (χ1) is 12.6. The average molecular weight is 375 g/mol. The Labute approximate surface area is 154 Å². The second kappa shape index (κ2) is 7.04. The standard InChI is InChI=1S/C19H25N3O3S/c23-19(21-9-5-6-10-21)18-14-15-13-16(7-8-17(15)20-18)26(24,25)22-11-3-1-2-4-12-22/h7-8,13-14,20H,1-6,9-12H2. The van der Waals surface area contributed by atoms with Crippen LogP contribution in [-0.4, -0.2) is 54.7 Å². The van der Waals surface area contributed by atoms with Crippen molar-refractivity contribution in [3.05, 3.63) is 30.0 Å². The number of aromatic amines is 1. The highest BCUT2D eigenvalue weighted by Gasteiger charge is 2.26. The van der Waals surface area contributed by atoms with Gasteiger partial charge in [0.2, 0.25) is 10.0 Å². The molecule has 6 nitrogen and oxygen atoms in total. The van der Waals surface area contributed by atoms with Crippen molar-refractivity contribution in [1.82, 2.24) is 14.2 Å². The second-order valence-electron chi connectivity index (χ2n) is 7.25. The predicted octanol–water partition coefficient (Wildman–Crippen LogP) is 2.97. The molecule has 0 radical (unpaired) electrons. The fraction of sp³-hybridized carbons (Fsp3) is 0.526. The molecule has 0 spiro atoms. The number of hydrogen-bond donors (Lipinski definition) is 1. The number of hydrogen-bond acceptors (Lipinski definition) is 3. The third kappa shape index (κ3) is 3.25. The molecule has 1 aromatic carbocycles. The summed E-state index contributed by atoms with van der Waals surface area (Å²) in [6.45, 7) is 2.77. The molecule has 0 atom stereocenters. The first kappa shape index (κ1) is 17.5. The quantitative estimate of drug-likeness (QED) is 0.896. The zero-order valence-corrected chi connectivity index (χ0v) is 15.7. The van der Waals surface area contributed by atoms with E-state index in [9.17, 15) is 13.2 Å². The van der Waals surface area contributed by atoms with Gasteiger partial charge in [-0.05, 0) is 49.9 Å². The molecular formula is C19H25N3O3S. The molecule has 2 aliphatic heterocycles. The third-order valence-corrected chi connectivity index (χ3v) is 7.31. The van der Waals surface area contributed by atoms with Crippen molar-refractivity contribution in [3.63, 3.8) is 0 Å². The van der Waals surface area contributed by atoms with Crippen LogP contribution in [-0.2, 0) is 10.0 Å². The summed E-state index contributed by atoms with van der Waals surface area (Å²) in [5, 5.41) is 0.767. The SMILES string of the molecule is O=C(c1cc2cc(S(=O)(=O)N3CCCCCC3)ccc2[nH]1)N1CCCC1. The van der Waals surface area contributed by atoms with Gasteiger partial charge in [0, 0.05) is 37.1 Å². The first-order valence-corrected chi connectivity index (χ1v) is 10.9. The van der Waals surface area contributed by atoms with E-state index in [1.807, 2.05) is 4.90 Å². The van der Waals surface area contributed by atoms with Crippen LogP contribution in [0.3, 0.4) is 0 Å². The molecule has 1 amide bonds. The van der Waals surface area contributed by atoms with Gasteiger partial charge in [0.05, 0.1) is 4.90 Å². The van der Waals surface area contributed by atoms with Gasteiger partial charge in [-0.3, -0.25) is 4.79 Å². The molecule has 0 bridgehead atoms. The number of nitrogens with one attached hydrogen (secondary N) is 1. The van der Waals surface area contributed by atoms with Gasteiger partial charge < -0.3 is 9.88 Å². The molecular weight excluding hydrogens is 350 g/mol. The van der Waals surface area contributed by atoms with Crippen LogP contribution >= 0.6 is 0 Å². The Hall–Kier alpha value is -1.86. The van der Waals surface area contributed by atoms with E-state index >= 15 is 0 Å². The zero-order valence-electron chi connectivity index (χ0n) is 14.9. The van der Waals surface area contributed by atoms with Crippen molar-refractivity contribution in [1.29, 1.82) is 0 Å². The van der Waals surface area contributed by atoms with E-state index in [1.165, 1.54) is 0 Å². The Bertz CT molecular complexity index is 905. The maximum Gasteiger partial charge on any atom is 0.270 e. The summed E-state index contributed by atoms with van der Waals surface area (Å²) in [6.07, 6.45) is 6.10. The van der Waals surface area contributed by atoms with Crippen molar-refractivity contribution < 1.29 is 13.2 Å². The Morgan fingerprint density at radius 3 is 2.23 bits per heavy atom. The van der Waals surface area contributed by atoms with Crippen molar-refractivity contribution in [2.75, 3.05) is 26.2 Å². The molecule has 3 heterocycles. The summed E-state index contributed by atoms with van der Waals surface area (Å²) in [6, 6.07) is 6.87. The number of benzene rings is 1. The number of amides is 1. The van der Waals surface area contributed by atoms with Gasteiger partial charge in [-0.25, -0.2) is 8.42 Å². The predicted molar refractivity (Wildman–Crippen MR) is 101 cm³/mol. The van der Waals surface area contributed by atoms with Crippen LogP contribution in [0, 0.1) is 0 Å². The van der Waals surface area contributed by atoms with E-state index in [-0.39, 0.29) is 5.91 Å². The summed E-state index contributed by atoms with van der Waals surface area (Å²) >= 11 is 0. The summed E-state index contributed by atoms with van der Waals surface area (Å²) in [5.74, 6) is -0.00405. The van der Waals surface area contributed by atoms with Gasteiger partial charge in [-0.2, -0.15) is 4.31 Å². The Balaban J connectivity index is 1.63. The van der Waals surface area contributed by atoms with Crippen LogP contribution in [0.4, 0.5) is 0 Å². The number of rotatable bonds is 3. The van der Waals surface area contributed by atoms with Gasteiger partial charge in [0.1, 0.15) is 5.69 Å². The van der Waals surface area contributed by atoms with E-state index in [1.54, 1.807) is 28.6 Å². The normalized spacial score (nSPS) is 19.8. The topological polar surface area (TPSA) is 73.5 Å². The number of likely N-dealkylation sites (tertiary alicyclic amines) is 1. The largest absolute Gasteiger partial charge is 0.351 e. The van der Waals surface area contributed by atoms with E-state index in [0.717, 1.165) is 62.5 Å². The fourth-order valence-electron chi connectivity index (χ4n) is 3.91. The molecule has 7 heteroatoms. The molecule has 4 rings (SSSR count). The number of nitrogens with zero attached hydrogens (tertiary/aromatic N) is 2. The van der Waals surface area contributed by atoms with Crippen molar-refractivity contribution in [2.24, 2.45) is 0 Å². The molecule has 1 aromatic heterocycles. The van der Waals surface area contributed by atoms with E-state index in [4.69, 9.17) is 0 Å². The van der Waals surface area contributed by atoms with Crippen molar-refractivity contribution in [3.8, 4) is 0 Å². The molecule has 2 fully saturated rings. The fourth-order valence-corrected chi connectivity index (χ4v) is 5.46. The third-order valence-electron chi connectivity index (χ3n) is 5.42. The maximum absolute atomic E-state index is 13.0. The number of H-pyrrole nitrogens is 1. The lowest BCUT2D eigenvalue weighted by molar-refractivity contribution is 0.0788. The molecule has 140 valence electrons. The van der Waals surface area contributed by atoms with Crippen LogP contribution < -0.4 is 0 Å². The minimum absolute atomic E-state index is 0.00405. The lowest BCUT2D eigenvalue weighted by Crippen LogP contribution is -2.31. The zero-order chi connectivity index (χ0) is 18.1. The van der Waals surface area contributed by atoms with Gasteiger partial charge in [-0.15, -0.1) is 0 Å².